The number of piperazine rings is 1. The minimum Gasteiger partial charge on any atom is -0.497 e. The van der Waals surface area contributed by atoms with Crippen LogP contribution < -0.4 is 19.7 Å². The van der Waals surface area contributed by atoms with Crippen molar-refractivity contribution in [2.24, 2.45) is 0 Å². The lowest BCUT2D eigenvalue weighted by molar-refractivity contribution is 0.208. The molecular weight excluding hydrogens is 349 g/mol. The standard InChI is InChI=1S/C20H24FN3O3/c1-14-4-5-15(21)12-17(14)22-20(25)24-10-8-23(9-11-24)18-7-6-16(26-2)13-19(18)27-3/h4-7,12-13H,8-11H2,1-3H3,(H,22,25). The number of anilines is 2. The lowest BCUT2D eigenvalue weighted by atomic mass is 10.2. The molecule has 0 radical (unpaired) electrons. The first kappa shape index (κ1) is 18.8. The summed E-state index contributed by atoms with van der Waals surface area (Å²) in [5.41, 5.74) is 2.30. The van der Waals surface area contributed by atoms with E-state index in [1.54, 1.807) is 25.2 Å². The van der Waals surface area contributed by atoms with Crippen molar-refractivity contribution in [3.63, 3.8) is 0 Å². The van der Waals surface area contributed by atoms with Crippen LogP contribution in [0.2, 0.25) is 0 Å². The highest BCUT2D eigenvalue weighted by Gasteiger charge is 2.23. The molecule has 3 rings (SSSR count). The Morgan fingerprint density at radius 2 is 1.78 bits per heavy atom. The number of urea groups is 1. The molecule has 144 valence electrons. The highest BCUT2D eigenvalue weighted by atomic mass is 19.1. The Kier molecular flexibility index (Phi) is 5.69. The van der Waals surface area contributed by atoms with Crippen molar-refractivity contribution in [3.8, 4) is 11.5 Å². The smallest absolute Gasteiger partial charge is 0.321 e. The molecule has 7 heteroatoms. The maximum Gasteiger partial charge on any atom is 0.321 e. The Morgan fingerprint density at radius 3 is 2.44 bits per heavy atom. The zero-order valence-electron chi connectivity index (χ0n) is 15.8. The van der Waals surface area contributed by atoms with Crippen LogP contribution in [0.3, 0.4) is 0 Å². The van der Waals surface area contributed by atoms with Gasteiger partial charge in [-0.2, -0.15) is 0 Å². The molecule has 2 aromatic carbocycles. The number of hydrogen-bond donors (Lipinski definition) is 1. The molecule has 0 aromatic heterocycles. The van der Waals surface area contributed by atoms with Crippen LogP contribution in [0.1, 0.15) is 5.56 Å². The summed E-state index contributed by atoms with van der Waals surface area (Å²) < 4.78 is 24.1. The van der Waals surface area contributed by atoms with E-state index in [-0.39, 0.29) is 11.8 Å². The zero-order valence-corrected chi connectivity index (χ0v) is 15.8. The zero-order chi connectivity index (χ0) is 19.4. The van der Waals surface area contributed by atoms with Gasteiger partial charge >= 0.3 is 6.03 Å². The summed E-state index contributed by atoms with van der Waals surface area (Å²) in [5, 5.41) is 2.80. The number of carbonyl (C=O) groups excluding carboxylic acids is 1. The van der Waals surface area contributed by atoms with Gasteiger partial charge in [-0.3, -0.25) is 0 Å². The van der Waals surface area contributed by atoms with E-state index >= 15 is 0 Å². The van der Waals surface area contributed by atoms with Crippen LogP contribution in [0.15, 0.2) is 36.4 Å². The highest BCUT2D eigenvalue weighted by Crippen LogP contribution is 2.32. The van der Waals surface area contributed by atoms with Crippen LogP contribution in [-0.4, -0.2) is 51.3 Å². The van der Waals surface area contributed by atoms with E-state index in [1.165, 1.54) is 12.1 Å². The van der Waals surface area contributed by atoms with Gasteiger partial charge in [0.15, 0.2) is 0 Å². The third-order valence-corrected chi connectivity index (χ3v) is 4.74. The molecule has 0 spiro atoms. The van der Waals surface area contributed by atoms with Crippen LogP contribution in [0, 0.1) is 12.7 Å². The number of benzene rings is 2. The van der Waals surface area contributed by atoms with E-state index in [0.29, 0.717) is 31.9 Å². The molecule has 6 nitrogen and oxygen atoms in total. The molecule has 1 heterocycles. The number of rotatable bonds is 4. The lowest BCUT2D eigenvalue weighted by Crippen LogP contribution is -2.50. The van der Waals surface area contributed by atoms with Gasteiger partial charge in [-0.05, 0) is 36.8 Å². The third-order valence-electron chi connectivity index (χ3n) is 4.74. The first-order valence-electron chi connectivity index (χ1n) is 8.81. The predicted molar refractivity (Wildman–Crippen MR) is 103 cm³/mol. The fourth-order valence-electron chi connectivity index (χ4n) is 3.12. The number of amides is 2. The van der Waals surface area contributed by atoms with Gasteiger partial charge in [0.05, 0.1) is 19.9 Å². The quantitative estimate of drug-likeness (QED) is 0.891. The van der Waals surface area contributed by atoms with Crippen molar-refractivity contribution in [2.75, 3.05) is 50.6 Å². The van der Waals surface area contributed by atoms with E-state index in [1.807, 2.05) is 25.1 Å². The van der Waals surface area contributed by atoms with Gasteiger partial charge in [0.1, 0.15) is 17.3 Å². The average molecular weight is 373 g/mol. The van der Waals surface area contributed by atoms with Crippen LogP contribution in [0.25, 0.3) is 0 Å². The Hall–Kier alpha value is -2.96. The summed E-state index contributed by atoms with van der Waals surface area (Å²) in [4.78, 5) is 16.4. The van der Waals surface area contributed by atoms with Crippen molar-refractivity contribution in [2.45, 2.75) is 6.92 Å². The number of halogens is 1. The summed E-state index contributed by atoms with van der Waals surface area (Å²) in [6.07, 6.45) is 0. The second-order valence-corrected chi connectivity index (χ2v) is 6.40. The van der Waals surface area contributed by atoms with Gasteiger partial charge in [0.2, 0.25) is 0 Å². The first-order chi connectivity index (χ1) is 13.0. The molecule has 0 bridgehead atoms. The molecule has 0 saturated carbocycles. The minimum atomic E-state index is -0.368. The number of carbonyl (C=O) groups is 1. The summed E-state index contributed by atoms with van der Waals surface area (Å²) in [6.45, 7) is 4.32. The Morgan fingerprint density at radius 1 is 1.04 bits per heavy atom. The molecule has 27 heavy (non-hydrogen) atoms. The Balaban J connectivity index is 1.63. The van der Waals surface area contributed by atoms with Gasteiger partial charge in [-0.1, -0.05) is 6.07 Å². The van der Waals surface area contributed by atoms with E-state index in [2.05, 4.69) is 10.2 Å². The third kappa shape index (κ3) is 4.24. The van der Waals surface area contributed by atoms with Crippen molar-refractivity contribution < 1.29 is 18.7 Å². The maximum atomic E-state index is 13.4. The fraction of sp³-hybridized carbons (Fsp3) is 0.350. The number of nitrogens with zero attached hydrogens (tertiary/aromatic N) is 2. The number of aryl methyl sites for hydroxylation is 1. The van der Waals surface area contributed by atoms with Gasteiger partial charge in [-0.25, -0.2) is 9.18 Å². The van der Waals surface area contributed by atoms with Crippen LogP contribution in [0.4, 0.5) is 20.6 Å². The number of methoxy groups -OCH3 is 2. The highest BCUT2D eigenvalue weighted by molar-refractivity contribution is 5.90. The lowest BCUT2D eigenvalue weighted by Gasteiger charge is -2.36. The molecule has 1 saturated heterocycles. The van der Waals surface area contributed by atoms with Crippen molar-refractivity contribution in [1.29, 1.82) is 0 Å². The van der Waals surface area contributed by atoms with Gasteiger partial charge in [0.25, 0.3) is 0 Å². The van der Waals surface area contributed by atoms with Crippen molar-refractivity contribution in [3.05, 3.63) is 47.8 Å². The maximum absolute atomic E-state index is 13.4. The molecule has 1 aliphatic heterocycles. The number of ether oxygens (including phenoxy) is 2. The molecular formula is C20H24FN3O3. The molecule has 2 aromatic rings. The van der Waals surface area contributed by atoms with Crippen molar-refractivity contribution in [1.82, 2.24) is 4.90 Å². The summed E-state index contributed by atoms with van der Waals surface area (Å²) in [5.74, 6) is 1.11. The largest absolute Gasteiger partial charge is 0.497 e. The van der Waals surface area contributed by atoms with Gasteiger partial charge in [0, 0.05) is 37.9 Å². The predicted octanol–water partition coefficient (Wildman–Crippen LogP) is 3.51. The normalized spacial score (nSPS) is 14.1. The Labute approximate surface area is 158 Å². The summed E-state index contributed by atoms with van der Waals surface area (Å²) in [7, 11) is 3.25. The van der Waals surface area contributed by atoms with Gasteiger partial charge in [-0.15, -0.1) is 0 Å². The van der Waals surface area contributed by atoms with Crippen LogP contribution in [-0.2, 0) is 0 Å². The average Bonchev–Trinajstić information content (AvgIpc) is 2.70. The van der Waals surface area contributed by atoms with Crippen LogP contribution in [0.5, 0.6) is 11.5 Å². The molecule has 0 atom stereocenters. The van der Waals surface area contributed by atoms with Crippen LogP contribution >= 0.6 is 0 Å². The molecule has 1 N–H and O–H groups in total. The molecule has 1 aliphatic rings. The molecule has 0 aliphatic carbocycles. The Bertz CT molecular complexity index is 820. The van der Waals surface area contributed by atoms with E-state index in [9.17, 15) is 9.18 Å². The molecule has 2 amide bonds. The summed E-state index contributed by atoms with van der Waals surface area (Å²) in [6, 6.07) is 9.86. The topological polar surface area (TPSA) is 54.0 Å². The van der Waals surface area contributed by atoms with Gasteiger partial charge < -0.3 is 24.6 Å². The van der Waals surface area contributed by atoms with E-state index in [4.69, 9.17) is 9.47 Å². The van der Waals surface area contributed by atoms with E-state index in [0.717, 1.165) is 22.7 Å². The molecule has 1 fully saturated rings. The fourth-order valence-corrected chi connectivity index (χ4v) is 3.12. The number of hydrogen-bond acceptors (Lipinski definition) is 4. The molecule has 0 unspecified atom stereocenters. The second kappa shape index (κ2) is 8.16. The van der Waals surface area contributed by atoms with Crippen molar-refractivity contribution >= 4 is 17.4 Å². The first-order valence-corrected chi connectivity index (χ1v) is 8.81. The second-order valence-electron chi connectivity index (χ2n) is 6.40. The SMILES string of the molecule is COc1ccc(N2CCN(C(=O)Nc3cc(F)ccc3C)CC2)c(OC)c1. The minimum absolute atomic E-state index is 0.218. The van der Waals surface area contributed by atoms with E-state index < -0.39 is 0 Å². The number of nitrogens with one attached hydrogen (secondary N) is 1. The monoisotopic (exact) mass is 373 g/mol. The summed E-state index contributed by atoms with van der Waals surface area (Å²) >= 11 is 0.